The van der Waals surface area contributed by atoms with Gasteiger partial charge < -0.3 is 15.8 Å². The number of nitrogens with two attached hydrogens (primary N) is 1. The molecule has 0 saturated heterocycles. The van der Waals surface area contributed by atoms with Crippen molar-refractivity contribution in [3.05, 3.63) is 18.3 Å². The molecule has 7 heteroatoms. The van der Waals surface area contributed by atoms with Crippen LogP contribution in [0.5, 0.6) is 0 Å². The third kappa shape index (κ3) is 1.57. The Morgan fingerprint density at radius 2 is 2.40 bits per heavy atom. The highest BCUT2D eigenvalue weighted by atomic mass is 19.1. The van der Waals surface area contributed by atoms with E-state index in [2.05, 4.69) is 15.1 Å². The number of hydrogen-bond donors (Lipinski definition) is 3. The summed E-state index contributed by atoms with van der Waals surface area (Å²) in [5.41, 5.74) is 6.04. The van der Waals surface area contributed by atoms with Gasteiger partial charge in [-0.15, -0.1) is 0 Å². The van der Waals surface area contributed by atoms with Gasteiger partial charge in [-0.1, -0.05) is 0 Å². The van der Waals surface area contributed by atoms with E-state index in [1.54, 1.807) is 0 Å². The lowest BCUT2D eigenvalue weighted by atomic mass is 10.3. The number of nitrogens with one attached hydrogen (secondary N) is 1. The minimum Gasteiger partial charge on any atom is -0.394 e. The summed E-state index contributed by atoms with van der Waals surface area (Å²) in [4.78, 5) is 6.49. The molecule has 15 heavy (non-hydrogen) atoms. The van der Waals surface area contributed by atoms with E-state index in [9.17, 15) is 4.39 Å². The fourth-order valence-corrected chi connectivity index (χ4v) is 1.28. The molecule has 0 aromatic carbocycles. The summed E-state index contributed by atoms with van der Waals surface area (Å²) in [5, 5.41) is 12.6. The van der Waals surface area contributed by atoms with Crippen molar-refractivity contribution >= 4 is 5.82 Å². The fraction of sp³-hybridized carbons (Fsp3) is 0.250. The smallest absolute Gasteiger partial charge is 0.194 e. The molecular formula is C8H10FN5O. The predicted molar refractivity (Wildman–Crippen MR) is 51.3 cm³/mol. The van der Waals surface area contributed by atoms with E-state index in [0.29, 0.717) is 5.69 Å². The Balaban J connectivity index is 2.45. The normalized spacial score (nSPS) is 10.8. The van der Waals surface area contributed by atoms with E-state index in [0.717, 1.165) is 0 Å². The van der Waals surface area contributed by atoms with Crippen molar-refractivity contribution in [2.24, 2.45) is 0 Å². The lowest BCUT2D eigenvalue weighted by Crippen LogP contribution is -2.07. The van der Waals surface area contributed by atoms with Gasteiger partial charge in [0, 0.05) is 0 Å². The number of nitrogens with zero attached hydrogens (tertiary/aromatic N) is 3. The van der Waals surface area contributed by atoms with Crippen LogP contribution in [0.1, 0.15) is 0 Å². The number of H-pyrrole nitrogens is 1. The number of nitrogen functional groups attached to an aromatic ring is 1. The van der Waals surface area contributed by atoms with Crippen LogP contribution in [0.4, 0.5) is 10.2 Å². The number of aromatic amines is 1. The first kappa shape index (κ1) is 9.66. The van der Waals surface area contributed by atoms with E-state index >= 15 is 0 Å². The van der Waals surface area contributed by atoms with Crippen LogP contribution in [0.3, 0.4) is 0 Å². The second-order valence-electron chi connectivity index (χ2n) is 2.96. The summed E-state index contributed by atoms with van der Waals surface area (Å²) in [5.74, 6) is -0.693. The topological polar surface area (TPSA) is 92.8 Å². The number of imidazole rings is 1. The molecule has 0 radical (unpaired) electrons. The molecule has 0 atom stereocenters. The number of anilines is 1. The molecule has 4 N–H and O–H groups in total. The molecule has 80 valence electrons. The van der Waals surface area contributed by atoms with Gasteiger partial charge in [0.2, 0.25) is 0 Å². The molecule has 0 saturated carbocycles. The van der Waals surface area contributed by atoms with Crippen molar-refractivity contribution in [3.8, 4) is 11.4 Å². The Bertz CT molecular complexity index is 450. The molecule has 2 aromatic rings. The number of aliphatic hydroxyl groups is 1. The van der Waals surface area contributed by atoms with Gasteiger partial charge in [-0.25, -0.2) is 14.1 Å². The maximum Gasteiger partial charge on any atom is 0.194 e. The zero-order valence-corrected chi connectivity index (χ0v) is 7.81. The van der Waals surface area contributed by atoms with Crippen molar-refractivity contribution in [3.63, 3.8) is 0 Å². The summed E-state index contributed by atoms with van der Waals surface area (Å²) in [7, 11) is 0. The fourth-order valence-electron chi connectivity index (χ4n) is 1.28. The Morgan fingerprint density at radius 1 is 1.60 bits per heavy atom. The molecule has 0 aliphatic rings. The van der Waals surface area contributed by atoms with Crippen molar-refractivity contribution in [2.75, 3.05) is 12.3 Å². The molecule has 0 aliphatic heterocycles. The van der Waals surface area contributed by atoms with Gasteiger partial charge in [0.25, 0.3) is 0 Å². The zero-order valence-electron chi connectivity index (χ0n) is 7.81. The standard InChI is InChI=1S/C8H10FN5O/c9-6-7(5-3-11-4-12-5)13-14(1-2-15)8(6)10/h3-4,15H,1-2,10H2,(H,11,12). The third-order valence-electron chi connectivity index (χ3n) is 2.00. The molecule has 0 amide bonds. The predicted octanol–water partition coefficient (Wildman–Crippen LogP) is -0.0132. The maximum atomic E-state index is 13.6. The van der Waals surface area contributed by atoms with Gasteiger partial charge in [-0.2, -0.15) is 5.10 Å². The van der Waals surface area contributed by atoms with Crippen LogP contribution in [-0.2, 0) is 6.54 Å². The van der Waals surface area contributed by atoms with Crippen LogP contribution in [0.2, 0.25) is 0 Å². The SMILES string of the molecule is Nc1c(F)c(-c2cnc[nH]2)nn1CCO. The van der Waals surface area contributed by atoms with Crippen LogP contribution in [0, 0.1) is 5.82 Å². The summed E-state index contributed by atoms with van der Waals surface area (Å²) in [6.45, 7) is 0.0185. The highest BCUT2D eigenvalue weighted by Crippen LogP contribution is 2.23. The molecule has 0 unspecified atom stereocenters. The van der Waals surface area contributed by atoms with Crippen LogP contribution in [0.25, 0.3) is 11.4 Å². The second kappa shape index (κ2) is 3.70. The van der Waals surface area contributed by atoms with Gasteiger partial charge in [0.1, 0.15) is 5.69 Å². The molecular weight excluding hydrogens is 201 g/mol. The van der Waals surface area contributed by atoms with Crippen molar-refractivity contribution in [1.29, 1.82) is 0 Å². The lowest BCUT2D eigenvalue weighted by Gasteiger charge is -1.98. The molecule has 2 rings (SSSR count). The summed E-state index contributed by atoms with van der Waals surface area (Å²) in [6, 6.07) is 0. The van der Waals surface area contributed by atoms with E-state index in [1.165, 1.54) is 17.2 Å². The average Bonchev–Trinajstić information content (AvgIpc) is 2.82. The summed E-state index contributed by atoms with van der Waals surface area (Å²) >= 11 is 0. The quantitative estimate of drug-likeness (QED) is 0.665. The van der Waals surface area contributed by atoms with Crippen LogP contribution >= 0.6 is 0 Å². The number of halogens is 1. The largest absolute Gasteiger partial charge is 0.394 e. The van der Waals surface area contributed by atoms with E-state index < -0.39 is 5.82 Å². The van der Waals surface area contributed by atoms with Gasteiger partial charge >= 0.3 is 0 Å². The first-order valence-corrected chi connectivity index (χ1v) is 4.35. The molecule has 2 aromatic heterocycles. The van der Waals surface area contributed by atoms with Gasteiger partial charge in [-0.05, 0) is 0 Å². The van der Waals surface area contributed by atoms with Crippen molar-refractivity contribution in [1.82, 2.24) is 19.7 Å². The Hall–Kier alpha value is -1.89. The summed E-state index contributed by atoms with van der Waals surface area (Å²) < 4.78 is 14.8. The number of aliphatic hydroxyl groups excluding tert-OH is 1. The molecule has 0 aliphatic carbocycles. The zero-order chi connectivity index (χ0) is 10.8. The van der Waals surface area contributed by atoms with E-state index in [4.69, 9.17) is 10.8 Å². The monoisotopic (exact) mass is 211 g/mol. The first-order chi connectivity index (χ1) is 7.24. The highest BCUT2D eigenvalue weighted by molar-refractivity contribution is 5.58. The number of hydrogen-bond acceptors (Lipinski definition) is 4. The van der Waals surface area contributed by atoms with Crippen LogP contribution < -0.4 is 5.73 Å². The number of rotatable bonds is 3. The highest BCUT2D eigenvalue weighted by Gasteiger charge is 2.17. The van der Waals surface area contributed by atoms with E-state index in [-0.39, 0.29) is 24.7 Å². The van der Waals surface area contributed by atoms with Crippen LogP contribution in [-0.4, -0.2) is 31.5 Å². The maximum absolute atomic E-state index is 13.6. The van der Waals surface area contributed by atoms with E-state index in [1.807, 2.05) is 0 Å². The minimum absolute atomic E-state index is 0.0892. The Morgan fingerprint density at radius 3 is 3.00 bits per heavy atom. The second-order valence-corrected chi connectivity index (χ2v) is 2.96. The first-order valence-electron chi connectivity index (χ1n) is 4.35. The van der Waals surface area contributed by atoms with Gasteiger partial charge in [0.05, 0.1) is 31.4 Å². The lowest BCUT2D eigenvalue weighted by molar-refractivity contribution is 0.270. The summed E-state index contributed by atoms with van der Waals surface area (Å²) in [6.07, 6.45) is 2.88. The third-order valence-corrected chi connectivity index (χ3v) is 2.00. The van der Waals surface area contributed by atoms with Crippen molar-refractivity contribution < 1.29 is 9.50 Å². The van der Waals surface area contributed by atoms with Gasteiger partial charge in [0.15, 0.2) is 11.6 Å². The molecule has 0 bridgehead atoms. The molecule has 0 spiro atoms. The Labute approximate surface area is 84.6 Å². The molecule has 2 heterocycles. The molecule has 6 nitrogen and oxygen atoms in total. The number of aromatic nitrogens is 4. The van der Waals surface area contributed by atoms with Crippen LogP contribution in [0.15, 0.2) is 12.5 Å². The molecule has 0 fully saturated rings. The Kier molecular flexibility index (Phi) is 2.38. The average molecular weight is 211 g/mol. The minimum atomic E-state index is -0.604. The van der Waals surface area contributed by atoms with Crippen molar-refractivity contribution in [2.45, 2.75) is 6.54 Å². The van der Waals surface area contributed by atoms with Gasteiger partial charge in [-0.3, -0.25) is 0 Å².